The molecule has 0 saturated heterocycles. The Morgan fingerprint density at radius 1 is 1.17 bits per heavy atom. The number of carbonyl (C=O) groups is 2. The minimum Gasteiger partial charge on any atom is -0.497 e. The van der Waals surface area contributed by atoms with E-state index < -0.39 is 17.9 Å². The highest BCUT2D eigenvalue weighted by molar-refractivity contribution is 6.24. The minimum absolute atomic E-state index is 0.109. The molecule has 0 fully saturated rings. The van der Waals surface area contributed by atoms with E-state index in [1.807, 2.05) is 39.0 Å². The Bertz CT molecular complexity index is 964. The molecule has 0 radical (unpaired) electrons. The van der Waals surface area contributed by atoms with E-state index >= 15 is 0 Å². The van der Waals surface area contributed by atoms with Crippen LogP contribution in [0.4, 0.5) is 5.69 Å². The van der Waals surface area contributed by atoms with Gasteiger partial charge in [-0.3, -0.25) is 9.59 Å². The monoisotopic (exact) mass is 395 g/mol. The molecule has 6 nitrogen and oxygen atoms in total. The normalized spacial score (nSPS) is 16.0. The molecule has 29 heavy (non-hydrogen) atoms. The van der Waals surface area contributed by atoms with Crippen LogP contribution in [0.5, 0.6) is 17.2 Å². The predicted octanol–water partition coefficient (Wildman–Crippen LogP) is 4.33. The summed E-state index contributed by atoms with van der Waals surface area (Å²) in [5, 5.41) is 0. The van der Waals surface area contributed by atoms with Crippen molar-refractivity contribution < 1.29 is 23.8 Å². The summed E-state index contributed by atoms with van der Waals surface area (Å²) < 4.78 is 16.6. The van der Waals surface area contributed by atoms with Crippen LogP contribution in [0.2, 0.25) is 0 Å². The molecule has 2 aromatic rings. The first kappa shape index (κ1) is 20.5. The van der Waals surface area contributed by atoms with Crippen LogP contribution >= 0.6 is 0 Å². The number of benzene rings is 2. The van der Waals surface area contributed by atoms with Crippen molar-refractivity contribution in [1.29, 1.82) is 0 Å². The molecule has 1 atom stereocenters. The number of hydrogen-bond acceptors (Lipinski definition) is 5. The summed E-state index contributed by atoms with van der Waals surface area (Å²) in [5.41, 5.74) is 1.50. The number of nitrogens with zero attached hydrogens (tertiary/aromatic N) is 1. The Morgan fingerprint density at radius 3 is 2.55 bits per heavy atom. The van der Waals surface area contributed by atoms with Crippen molar-refractivity contribution in [1.82, 2.24) is 0 Å². The number of fused-ring (bicyclic) bond motifs is 1. The van der Waals surface area contributed by atoms with Crippen LogP contribution in [0.3, 0.4) is 0 Å². The van der Waals surface area contributed by atoms with Crippen molar-refractivity contribution in [3.63, 3.8) is 0 Å². The number of imide groups is 1. The molecule has 0 saturated carbocycles. The van der Waals surface area contributed by atoms with Crippen molar-refractivity contribution in [3.05, 3.63) is 53.6 Å². The van der Waals surface area contributed by atoms with Gasteiger partial charge >= 0.3 is 0 Å². The molecule has 3 rings (SSSR count). The summed E-state index contributed by atoms with van der Waals surface area (Å²) in [4.78, 5) is 27.9. The van der Waals surface area contributed by atoms with Gasteiger partial charge in [0, 0.05) is 11.6 Å². The lowest BCUT2D eigenvalue weighted by molar-refractivity contribution is -0.127. The number of amides is 2. The average Bonchev–Trinajstić information content (AvgIpc) is 2.72. The van der Waals surface area contributed by atoms with E-state index in [0.29, 0.717) is 22.9 Å². The van der Waals surface area contributed by atoms with Crippen LogP contribution in [0.1, 0.15) is 36.7 Å². The van der Waals surface area contributed by atoms with E-state index in [1.165, 1.54) is 19.1 Å². The summed E-state index contributed by atoms with van der Waals surface area (Å²) in [6.07, 6.45) is 3.02. The number of anilines is 1. The fourth-order valence-electron chi connectivity index (χ4n) is 3.31. The first-order valence-electron chi connectivity index (χ1n) is 9.45. The van der Waals surface area contributed by atoms with Crippen molar-refractivity contribution in [2.75, 3.05) is 19.1 Å². The maximum absolute atomic E-state index is 13.5. The van der Waals surface area contributed by atoms with E-state index in [2.05, 4.69) is 0 Å². The number of rotatable bonds is 5. The number of allylic oxidation sites excluding steroid dienone is 1. The maximum Gasteiger partial charge on any atom is 0.275 e. The Hall–Kier alpha value is -3.28. The molecule has 1 aliphatic rings. The summed E-state index contributed by atoms with van der Waals surface area (Å²) in [6.45, 7) is 5.68. The Labute approximate surface area is 170 Å². The lowest BCUT2D eigenvalue weighted by Crippen LogP contribution is -2.51. The first-order chi connectivity index (χ1) is 13.9. The van der Waals surface area contributed by atoms with Gasteiger partial charge in [0.05, 0.1) is 25.5 Å². The smallest absolute Gasteiger partial charge is 0.275 e. The van der Waals surface area contributed by atoms with Crippen LogP contribution < -0.4 is 19.1 Å². The van der Waals surface area contributed by atoms with Crippen molar-refractivity contribution in [3.8, 4) is 17.2 Å². The number of methoxy groups -OCH3 is 2. The van der Waals surface area contributed by atoms with Crippen molar-refractivity contribution in [2.24, 2.45) is 5.92 Å². The molecule has 0 aliphatic carbocycles. The topological polar surface area (TPSA) is 65.1 Å². The molecule has 152 valence electrons. The lowest BCUT2D eigenvalue weighted by Gasteiger charge is -2.35. The van der Waals surface area contributed by atoms with Crippen LogP contribution in [-0.4, -0.2) is 32.1 Å². The average molecular weight is 395 g/mol. The van der Waals surface area contributed by atoms with Gasteiger partial charge in [0.15, 0.2) is 11.9 Å². The lowest BCUT2D eigenvalue weighted by atomic mass is 10.0. The standard InChI is InChI=1S/C23H25NO5/c1-6-8-15-9-7-10-18-21(15)29-20(14(2)3)23(26)24(18)22(25)17-12-11-16(27-4)13-19(17)28-5/h6-14,20H,1-5H3/b8-6+. The molecule has 2 aromatic carbocycles. The Kier molecular flexibility index (Phi) is 5.92. The molecule has 1 aliphatic heterocycles. The molecular formula is C23H25NO5. The highest BCUT2D eigenvalue weighted by atomic mass is 16.5. The number of hydrogen-bond donors (Lipinski definition) is 0. The molecule has 1 heterocycles. The quantitative estimate of drug-likeness (QED) is 0.705. The summed E-state index contributed by atoms with van der Waals surface area (Å²) in [6, 6.07) is 10.3. The minimum atomic E-state index is -0.762. The number of carbonyl (C=O) groups excluding carboxylic acids is 2. The van der Waals surface area contributed by atoms with Crippen LogP contribution in [0.15, 0.2) is 42.5 Å². The highest BCUT2D eigenvalue weighted by Gasteiger charge is 2.41. The second kappa shape index (κ2) is 8.39. The zero-order valence-corrected chi connectivity index (χ0v) is 17.3. The van der Waals surface area contributed by atoms with Crippen molar-refractivity contribution >= 4 is 23.6 Å². The van der Waals surface area contributed by atoms with Crippen LogP contribution in [0.25, 0.3) is 6.08 Å². The van der Waals surface area contributed by atoms with Gasteiger partial charge in [0.25, 0.3) is 11.8 Å². The third-order valence-electron chi connectivity index (χ3n) is 4.77. The fourth-order valence-corrected chi connectivity index (χ4v) is 3.31. The van der Waals surface area contributed by atoms with Gasteiger partial charge in [-0.1, -0.05) is 38.1 Å². The molecular weight excluding hydrogens is 370 g/mol. The highest BCUT2D eigenvalue weighted by Crippen LogP contribution is 2.40. The molecule has 2 amide bonds. The van der Waals surface area contributed by atoms with E-state index in [1.54, 1.807) is 30.3 Å². The maximum atomic E-state index is 13.5. The van der Waals surface area contributed by atoms with E-state index in [4.69, 9.17) is 14.2 Å². The zero-order valence-electron chi connectivity index (χ0n) is 17.3. The van der Waals surface area contributed by atoms with Crippen LogP contribution in [-0.2, 0) is 4.79 Å². The van der Waals surface area contributed by atoms with E-state index in [9.17, 15) is 9.59 Å². The summed E-state index contributed by atoms with van der Waals surface area (Å²) in [5.74, 6) is 0.436. The summed E-state index contributed by atoms with van der Waals surface area (Å²) in [7, 11) is 3.01. The van der Waals surface area contributed by atoms with E-state index in [-0.39, 0.29) is 11.5 Å². The Morgan fingerprint density at radius 2 is 1.93 bits per heavy atom. The molecule has 1 unspecified atom stereocenters. The van der Waals surface area contributed by atoms with Gasteiger partial charge in [0.2, 0.25) is 0 Å². The third-order valence-corrected chi connectivity index (χ3v) is 4.77. The first-order valence-corrected chi connectivity index (χ1v) is 9.45. The van der Waals surface area contributed by atoms with Crippen LogP contribution in [0, 0.1) is 5.92 Å². The second-order valence-electron chi connectivity index (χ2n) is 7.02. The molecule has 0 aromatic heterocycles. The van der Waals surface area contributed by atoms with Gasteiger partial charge in [-0.25, -0.2) is 4.90 Å². The van der Waals surface area contributed by atoms with Gasteiger partial charge < -0.3 is 14.2 Å². The largest absolute Gasteiger partial charge is 0.497 e. The van der Waals surface area contributed by atoms with Gasteiger partial charge in [0.1, 0.15) is 11.5 Å². The van der Waals surface area contributed by atoms with Gasteiger partial charge in [-0.2, -0.15) is 0 Å². The Balaban J connectivity index is 2.16. The van der Waals surface area contributed by atoms with Gasteiger partial charge in [-0.15, -0.1) is 0 Å². The molecule has 6 heteroatoms. The second-order valence-corrected chi connectivity index (χ2v) is 7.02. The fraction of sp³-hybridized carbons (Fsp3) is 0.304. The molecule has 0 N–H and O–H groups in total. The van der Waals surface area contributed by atoms with Gasteiger partial charge in [-0.05, 0) is 31.0 Å². The summed E-state index contributed by atoms with van der Waals surface area (Å²) >= 11 is 0. The van der Waals surface area contributed by atoms with E-state index in [0.717, 1.165) is 5.56 Å². The van der Waals surface area contributed by atoms with Crippen molar-refractivity contribution in [2.45, 2.75) is 26.9 Å². The molecule has 0 bridgehead atoms. The zero-order chi connectivity index (χ0) is 21.1. The number of ether oxygens (including phenoxy) is 3. The number of para-hydroxylation sites is 1. The molecule has 0 spiro atoms. The predicted molar refractivity (Wildman–Crippen MR) is 112 cm³/mol. The SMILES string of the molecule is C/C=C/c1cccc2c1OC(C(C)C)C(=O)N2C(=O)c1ccc(OC)cc1OC. The third kappa shape index (κ3) is 3.70.